The van der Waals surface area contributed by atoms with Crippen molar-refractivity contribution in [3.05, 3.63) is 29.8 Å². The Morgan fingerprint density at radius 1 is 0.966 bits per heavy atom. The molecule has 0 saturated carbocycles. The number of rotatable bonds is 8. The number of aliphatic hydroxyl groups is 1. The molecule has 0 aliphatic carbocycles. The van der Waals surface area contributed by atoms with Gasteiger partial charge in [0, 0.05) is 52.4 Å². The SMILES string of the molecule is CC[C@H](C)c1ccc(S(=O)(=O)N2CCN(C[C@H](O)CN3CCOCC3)CC2)cc1. The highest BCUT2D eigenvalue weighted by Crippen LogP contribution is 2.23. The Hall–Kier alpha value is -1.03. The van der Waals surface area contributed by atoms with Crippen molar-refractivity contribution >= 4 is 10.0 Å². The molecule has 2 saturated heterocycles. The minimum atomic E-state index is -3.46. The zero-order valence-electron chi connectivity index (χ0n) is 17.7. The monoisotopic (exact) mass is 425 g/mol. The molecule has 164 valence electrons. The zero-order chi connectivity index (χ0) is 20.9. The number of hydrogen-bond donors (Lipinski definition) is 1. The van der Waals surface area contributed by atoms with Crippen LogP contribution in [0, 0.1) is 0 Å². The first-order valence-electron chi connectivity index (χ1n) is 10.7. The van der Waals surface area contributed by atoms with Gasteiger partial charge in [-0.25, -0.2) is 8.42 Å². The van der Waals surface area contributed by atoms with E-state index in [0.29, 0.717) is 50.1 Å². The number of ether oxygens (including phenoxy) is 1. The van der Waals surface area contributed by atoms with Crippen molar-refractivity contribution in [2.24, 2.45) is 0 Å². The van der Waals surface area contributed by atoms with Crippen LogP contribution in [0.2, 0.25) is 0 Å². The summed E-state index contributed by atoms with van der Waals surface area (Å²) in [5.74, 6) is 0.430. The van der Waals surface area contributed by atoms with Crippen LogP contribution in [0.25, 0.3) is 0 Å². The maximum atomic E-state index is 13.0. The van der Waals surface area contributed by atoms with Crippen LogP contribution in [0.15, 0.2) is 29.2 Å². The van der Waals surface area contributed by atoms with Crippen LogP contribution in [0.3, 0.4) is 0 Å². The molecule has 8 heteroatoms. The van der Waals surface area contributed by atoms with Crippen molar-refractivity contribution in [1.29, 1.82) is 0 Å². The predicted octanol–water partition coefficient (Wildman–Crippen LogP) is 1.20. The summed E-state index contributed by atoms with van der Waals surface area (Å²) < 4.78 is 32.8. The molecular weight excluding hydrogens is 390 g/mol. The van der Waals surface area contributed by atoms with Gasteiger partial charge in [-0.1, -0.05) is 26.0 Å². The van der Waals surface area contributed by atoms with Gasteiger partial charge in [-0.2, -0.15) is 4.31 Å². The second-order valence-corrected chi connectivity index (χ2v) is 10.1. The van der Waals surface area contributed by atoms with Gasteiger partial charge in [0.1, 0.15) is 0 Å². The number of β-amino-alcohol motifs (C(OH)–C–C–N with tert-alkyl or cyclic N) is 1. The van der Waals surface area contributed by atoms with E-state index in [-0.39, 0.29) is 0 Å². The summed E-state index contributed by atoms with van der Waals surface area (Å²) in [5, 5.41) is 10.4. The number of sulfonamides is 1. The molecule has 0 unspecified atom stereocenters. The predicted molar refractivity (Wildman–Crippen MR) is 114 cm³/mol. The highest BCUT2D eigenvalue weighted by atomic mass is 32.2. The Balaban J connectivity index is 1.50. The fourth-order valence-electron chi connectivity index (χ4n) is 3.94. The van der Waals surface area contributed by atoms with Gasteiger partial charge >= 0.3 is 0 Å². The molecule has 29 heavy (non-hydrogen) atoms. The molecule has 0 amide bonds. The third-order valence-electron chi connectivity index (χ3n) is 6.07. The van der Waals surface area contributed by atoms with Gasteiger partial charge in [-0.05, 0) is 30.0 Å². The summed E-state index contributed by atoms with van der Waals surface area (Å²) in [6.45, 7) is 10.9. The molecule has 2 heterocycles. The largest absolute Gasteiger partial charge is 0.390 e. The number of hydrogen-bond acceptors (Lipinski definition) is 6. The molecule has 0 radical (unpaired) electrons. The number of piperazine rings is 1. The summed E-state index contributed by atoms with van der Waals surface area (Å²) in [6, 6.07) is 7.32. The van der Waals surface area contributed by atoms with E-state index in [4.69, 9.17) is 4.74 Å². The Labute approximate surface area is 175 Å². The second kappa shape index (κ2) is 10.3. The molecular formula is C21H35N3O4S. The van der Waals surface area contributed by atoms with Gasteiger partial charge in [0.15, 0.2) is 0 Å². The lowest BCUT2D eigenvalue weighted by atomic mass is 9.99. The molecule has 0 bridgehead atoms. The molecule has 1 aromatic carbocycles. The topological polar surface area (TPSA) is 73.3 Å². The lowest BCUT2D eigenvalue weighted by Crippen LogP contribution is -2.52. The Kier molecular flexibility index (Phi) is 8.07. The van der Waals surface area contributed by atoms with E-state index < -0.39 is 16.1 Å². The number of benzene rings is 1. The van der Waals surface area contributed by atoms with E-state index in [1.807, 2.05) is 12.1 Å². The number of nitrogens with zero attached hydrogens (tertiary/aromatic N) is 3. The zero-order valence-corrected chi connectivity index (χ0v) is 18.5. The van der Waals surface area contributed by atoms with Crippen molar-refractivity contribution in [2.45, 2.75) is 37.2 Å². The summed E-state index contributed by atoms with van der Waals surface area (Å²) in [7, 11) is -3.46. The van der Waals surface area contributed by atoms with Crippen LogP contribution < -0.4 is 0 Å². The summed E-state index contributed by atoms with van der Waals surface area (Å²) in [4.78, 5) is 4.74. The number of morpholine rings is 1. The minimum Gasteiger partial charge on any atom is -0.390 e. The molecule has 3 rings (SSSR count). The standard InChI is InChI=1S/C21H35N3O4S/c1-3-18(2)19-4-6-21(7-5-19)29(26,27)24-10-8-22(9-11-24)16-20(25)17-23-12-14-28-15-13-23/h4-7,18,20,25H,3,8-17H2,1-2H3/t18-,20-/m0/s1. The van der Waals surface area contributed by atoms with E-state index in [1.54, 1.807) is 16.4 Å². The summed E-state index contributed by atoms with van der Waals surface area (Å²) in [5.41, 5.74) is 1.17. The van der Waals surface area contributed by atoms with Crippen LogP contribution in [0.5, 0.6) is 0 Å². The van der Waals surface area contributed by atoms with Crippen LogP contribution in [-0.4, -0.2) is 99.3 Å². The average molecular weight is 426 g/mol. The lowest BCUT2D eigenvalue weighted by Gasteiger charge is -2.36. The van der Waals surface area contributed by atoms with E-state index in [2.05, 4.69) is 23.6 Å². The highest BCUT2D eigenvalue weighted by molar-refractivity contribution is 7.89. The molecule has 2 atom stereocenters. The van der Waals surface area contributed by atoms with Crippen molar-refractivity contribution in [1.82, 2.24) is 14.1 Å². The molecule has 0 spiro atoms. The van der Waals surface area contributed by atoms with Crippen molar-refractivity contribution < 1.29 is 18.3 Å². The third kappa shape index (κ3) is 5.99. The van der Waals surface area contributed by atoms with Crippen molar-refractivity contribution in [3.63, 3.8) is 0 Å². The van der Waals surface area contributed by atoms with E-state index >= 15 is 0 Å². The first-order valence-corrected chi connectivity index (χ1v) is 12.1. The lowest BCUT2D eigenvalue weighted by molar-refractivity contribution is 0.00469. The average Bonchev–Trinajstić information content (AvgIpc) is 2.74. The van der Waals surface area contributed by atoms with Gasteiger partial charge < -0.3 is 9.84 Å². The molecule has 2 fully saturated rings. The molecule has 1 aromatic rings. The van der Waals surface area contributed by atoms with Gasteiger partial charge in [-0.15, -0.1) is 0 Å². The molecule has 2 aliphatic rings. The fourth-order valence-corrected chi connectivity index (χ4v) is 5.37. The Bertz CT molecular complexity index is 727. The van der Waals surface area contributed by atoms with Crippen LogP contribution in [0.1, 0.15) is 31.7 Å². The normalized spacial score (nSPS) is 22.4. The molecule has 1 N–H and O–H groups in total. The van der Waals surface area contributed by atoms with Crippen LogP contribution in [0.4, 0.5) is 0 Å². The Morgan fingerprint density at radius 3 is 2.07 bits per heavy atom. The summed E-state index contributed by atoms with van der Waals surface area (Å²) in [6.07, 6.45) is 0.607. The van der Waals surface area contributed by atoms with Crippen molar-refractivity contribution in [2.75, 3.05) is 65.6 Å². The Morgan fingerprint density at radius 2 is 1.52 bits per heavy atom. The van der Waals surface area contributed by atoms with E-state index in [0.717, 1.165) is 32.7 Å². The fraction of sp³-hybridized carbons (Fsp3) is 0.714. The van der Waals surface area contributed by atoms with Crippen LogP contribution >= 0.6 is 0 Å². The van der Waals surface area contributed by atoms with Gasteiger partial charge in [0.2, 0.25) is 10.0 Å². The molecule has 0 aromatic heterocycles. The van der Waals surface area contributed by atoms with Crippen LogP contribution in [-0.2, 0) is 14.8 Å². The van der Waals surface area contributed by atoms with E-state index in [9.17, 15) is 13.5 Å². The molecule has 7 nitrogen and oxygen atoms in total. The number of aliphatic hydroxyl groups excluding tert-OH is 1. The summed E-state index contributed by atoms with van der Waals surface area (Å²) >= 11 is 0. The van der Waals surface area contributed by atoms with E-state index in [1.165, 1.54) is 5.56 Å². The van der Waals surface area contributed by atoms with Gasteiger partial charge in [0.25, 0.3) is 0 Å². The quantitative estimate of drug-likeness (QED) is 0.675. The van der Waals surface area contributed by atoms with Gasteiger partial charge in [-0.3, -0.25) is 9.80 Å². The smallest absolute Gasteiger partial charge is 0.243 e. The van der Waals surface area contributed by atoms with Gasteiger partial charge in [0.05, 0.1) is 24.2 Å². The first kappa shape index (κ1) is 22.7. The maximum Gasteiger partial charge on any atom is 0.243 e. The maximum absolute atomic E-state index is 13.0. The van der Waals surface area contributed by atoms with Crippen molar-refractivity contribution in [3.8, 4) is 0 Å². The highest BCUT2D eigenvalue weighted by Gasteiger charge is 2.29. The third-order valence-corrected chi connectivity index (χ3v) is 7.99. The minimum absolute atomic E-state index is 0.366. The second-order valence-electron chi connectivity index (χ2n) is 8.15. The molecule has 2 aliphatic heterocycles. The first-order chi connectivity index (χ1) is 13.9.